The van der Waals surface area contributed by atoms with Gasteiger partial charge in [-0.05, 0) is 130 Å². The highest BCUT2D eigenvalue weighted by molar-refractivity contribution is 5.78. The standard InChI is InChI=1S/C49H76O17/c1-44(2,3)38(51)58-25-28-31(63-40(53)46(7,8)9)30(50)33(64-41(54)47(10,11)12)37(61-28)62-32-29(26-59-39(52)45(4,5)6)60-36(57-24-27-22-20-19-21-23-27)35(66-43(56)49(16,17)18)34(32)65-42(55)48(13,14)15/h19-23,28-37,50H,24-26H2,1-18H3/t28-,29-,30+,31+,32-,33-,34+,35-,36-,37+/m1/s1. The van der Waals surface area contributed by atoms with Gasteiger partial charge in [-0.1, -0.05) is 30.3 Å². The molecule has 2 fully saturated rings. The molecule has 374 valence electrons. The van der Waals surface area contributed by atoms with Crippen molar-refractivity contribution < 1.29 is 81.2 Å². The van der Waals surface area contributed by atoms with E-state index in [9.17, 15) is 33.9 Å². The van der Waals surface area contributed by atoms with E-state index in [1.165, 1.54) is 0 Å². The molecule has 2 heterocycles. The summed E-state index contributed by atoms with van der Waals surface area (Å²) in [5.74, 6) is -4.37. The maximum absolute atomic E-state index is 14.0. The third-order valence-corrected chi connectivity index (χ3v) is 10.2. The van der Waals surface area contributed by atoms with Crippen LogP contribution in [0, 0.1) is 32.5 Å². The molecule has 2 aliphatic rings. The largest absolute Gasteiger partial charge is 0.462 e. The zero-order chi connectivity index (χ0) is 50.5. The Hall–Kier alpha value is -4.16. The second kappa shape index (κ2) is 21.4. The molecule has 2 saturated heterocycles. The summed E-state index contributed by atoms with van der Waals surface area (Å²) in [5.41, 5.74) is -5.74. The van der Waals surface area contributed by atoms with Crippen molar-refractivity contribution >= 4 is 35.8 Å². The number of hydrogen-bond acceptors (Lipinski definition) is 17. The zero-order valence-electron chi connectivity index (χ0n) is 42.3. The van der Waals surface area contributed by atoms with Crippen molar-refractivity contribution in [1.29, 1.82) is 0 Å². The second-order valence-corrected chi connectivity index (χ2v) is 23.2. The molecule has 0 aliphatic carbocycles. The van der Waals surface area contributed by atoms with Crippen LogP contribution in [0.25, 0.3) is 0 Å². The molecule has 17 heteroatoms. The topological polar surface area (TPSA) is 215 Å². The number of carbonyl (C=O) groups is 6. The van der Waals surface area contributed by atoms with Crippen LogP contribution in [-0.4, -0.2) is 116 Å². The average Bonchev–Trinajstić information content (AvgIpc) is 3.17. The first-order valence-corrected chi connectivity index (χ1v) is 22.4. The summed E-state index contributed by atoms with van der Waals surface area (Å²) < 4.78 is 61.7. The highest BCUT2D eigenvalue weighted by atomic mass is 16.8. The van der Waals surface area contributed by atoms with Crippen LogP contribution in [0.5, 0.6) is 0 Å². The molecule has 0 bridgehead atoms. The molecular weight excluding hydrogens is 861 g/mol. The Balaban J connectivity index is 2.34. The molecule has 0 radical (unpaired) electrons. The minimum Gasteiger partial charge on any atom is -0.462 e. The number of carbonyl (C=O) groups excluding carboxylic acids is 6. The van der Waals surface area contributed by atoms with Gasteiger partial charge in [0.15, 0.2) is 37.0 Å². The normalized spacial score (nSPS) is 26.7. The van der Waals surface area contributed by atoms with Crippen LogP contribution < -0.4 is 0 Å². The van der Waals surface area contributed by atoms with Gasteiger partial charge in [0, 0.05) is 0 Å². The number of ether oxygens (including phenoxy) is 10. The van der Waals surface area contributed by atoms with Crippen LogP contribution in [0.2, 0.25) is 0 Å². The number of esters is 6. The fourth-order valence-electron chi connectivity index (χ4n) is 5.84. The van der Waals surface area contributed by atoms with Crippen LogP contribution in [0.4, 0.5) is 0 Å². The molecule has 10 atom stereocenters. The molecule has 66 heavy (non-hydrogen) atoms. The smallest absolute Gasteiger partial charge is 0.311 e. The Morgan fingerprint density at radius 2 is 0.803 bits per heavy atom. The number of hydrogen-bond donors (Lipinski definition) is 1. The van der Waals surface area contributed by atoms with E-state index in [1.54, 1.807) is 149 Å². The Morgan fingerprint density at radius 1 is 0.455 bits per heavy atom. The van der Waals surface area contributed by atoms with Crippen molar-refractivity contribution in [3.05, 3.63) is 35.9 Å². The average molecular weight is 937 g/mol. The van der Waals surface area contributed by atoms with Crippen molar-refractivity contribution in [2.24, 2.45) is 32.5 Å². The minimum atomic E-state index is -1.89. The third-order valence-electron chi connectivity index (χ3n) is 10.2. The number of aliphatic hydroxyl groups is 1. The molecule has 0 spiro atoms. The number of rotatable bonds is 13. The van der Waals surface area contributed by atoms with Gasteiger partial charge < -0.3 is 52.5 Å². The van der Waals surface area contributed by atoms with E-state index in [2.05, 4.69) is 0 Å². The van der Waals surface area contributed by atoms with Crippen LogP contribution in [0.15, 0.2) is 30.3 Å². The summed E-state index contributed by atoms with van der Waals surface area (Å²) in [5, 5.41) is 12.3. The Morgan fingerprint density at radius 3 is 1.21 bits per heavy atom. The highest BCUT2D eigenvalue weighted by Gasteiger charge is 2.58. The number of benzene rings is 1. The van der Waals surface area contributed by atoms with Crippen molar-refractivity contribution in [3.8, 4) is 0 Å². The predicted molar refractivity (Wildman–Crippen MR) is 238 cm³/mol. The summed E-state index contributed by atoms with van der Waals surface area (Å²) in [7, 11) is 0. The fourth-order valence-corrected chi connectivity index (χ4v) is 5.84. The Kier molecular flexibility index (Phi) is 18.2. The monoisotopic (exact) mass is 937 g/mol. The lowest BCUT2D eigenvalue weighted by Crippen LogP contribution is -2.67. The molecule has 0 saturated carbocycles. The molecular formula is C49H76O17. The zero-order valence-corrected chi connectivity index (χ0v) is 42.3. The van der Waals surface area contributed by atoms with Gasteiger partial charge in [-0.3, -0.25) is 28.8 Å². The fraction of sp³-hybridized carbons (Fsp3) is 0.755. The van der Waals surface area contributed by atoms with Crippen LogP contribution in [-0.2, 0) is 82.7 Å². The van der Waals surface area contributed by atoms with E-state index in [4.69, 9.17) is 47.4 Å². The minimum absolute atomic E-state index is 0.0680. The lowest BCUT2D eigenvalue weighted by Gasteiger charge is -2.49. The summed E-state index contributed by atoms with van der Waals surface area (Å²) in [6, 6.07) is 9.03. The van der Waals surface area contributed by atoms with Crippen LogP contribution >= 0.6 is 0 Å². The van der Waals surface area contributed by atoms with E-state index in [-0.39, 0.29) is 6.61 Å². The number of aliphatic hydroxyl groups excluding tert-OH is 1. The van der Waals surface area contributed by atoms with E-state index in [0.29, 0.717) is 5.56 Å². The highest BCUT2D eigenvalue weighted by Crippen LogP contribution is 2.38. The van der Waals surface area contributed by atoms with E-state index in [0.717, 1.165) is 0 Å². The molecule has 17 nitrogen and oxygen atoms in total. The van der Waals surface area contributed by atoms with Crippen molar-refractivity contribution in [3.63, 3.8) is 0 Å². The SMILES string of the molecule is CC(C)(C)C(=O)OC[C@H]1O[C@@H](O[C@H]2[C@H](OC(=O)C(C)(C)C)[C@@H](OC(=O)C(C)(C)C)[C@H](OCc3ccccc3)O[C@@H]2COC(=O)C(C)(C)C)[C@H](OC(=O)C(C)(C)C)[C@@H](O)[C@H]1OC(=O)C(C)(C)C. The predicted octanol–water partition coefficient (Wildman–Crippen LogP) is 6.41. The molecule has 0 unspecified atom stereocenters. The molecule has 3 rings (SSSR count). The van der Waals surface area contributed by atoms with Gasteiger partial charge in [-0.25, -0.2) is 0 Å². The van der Waals surface area contributed by atoms with E-state index >= 15 is 0 Å². The summed E-state index contributed by atoms with van der Waals surface area (Å²) >= 11 is 0. The van der Waals surface area contributed by atoms with Gasteiger partial charge in [0.05, 0.1) is 39.1 Å². The van der Waals surface area contributed by atoms with E-state index < -0.39 is 143 Å². The van der Waals surface area contributed by atoms with Gasteiger partial charge in [-0.2, -0.15) is 0 Å². The second-order valence-electron chi connectivity index (χ2n) is 23.2. The molecule has 1 aromatic rings. The lowest BCUT2D eigenvalue weighted by molar-refractivity contribution is -0.363. The quantitative estimate of drug-likeness (QED) is 0.167. The maximum atomic E-state index is 14.0. The molecule has 2 aliphatic heterocycles. The van der Waals surface area contributed by atoms with Gasteiger partial charge >= 0.3 is 35.8 Å². The van der Waals surface area contributed by atoms with E-state index in [1.807, 2.05) is 6.07 Å². The summed E-state index contributed by atoms with van der Waals surface area (Å²) in [6.07, 6.45) is -16.3. The van der Waals surface area contributed by atoms with Gasteiger partial charge in [0.1, 0.15) is 37.6 Å². The first kappa shape index (κ1) is 56.2. The maximum Gasteiger partial charge on any atom is 0.311 e. The molecule has 1 N–H and O–H groups in total. The van der Waals surface area contributed by atoms with Crippen molar-refractivity contribution in [1.82, 2.24) is 0 Å². The Bertz CT molecular complexity index is 1830. The summed E-state index contributed by atoms with van der Waals surface area (Å²) in [4.78, 5) is 81.5. The first-order chi connectivity index (χ1) is 29.9. The lowest BCUT2D eigenvalue weighted by atomic mass is 9.93. The van der Waals surface area contributed by atoms with Crippen LogP contribution in [0.1, 0.15) is 130 Å². The Labute approximate surface area is 390 Å². The van der Waals surface area contributed by atoms with Crippen molar-refractivity contribution in [2.75, 3.05) is 13.2 Å². The van der Waals surface area contributed by atoms with Gasteiger partial charge in [0.25, 0.3) is 0 Å². The van der Waals surface area contributed by atoms with Crippen LogP contribution in [0.3, 0.4) is 0 Å². The molecule has 0 aromatic heterocycles. The van der Waals surface area contributed by atoms with Gasteiger partial charge in [-0.15, -0.1) is 0 Å². The van der Waals surface area contributed by atoms with Crippen molar-refractivity contribution in [2.45, 2.75) is 193 Å². The summed E-state index contributed by atoms with van der Waals surface area (Å²) in [6.45, 7) is 27.9. The third kappa shape index (κ3) is 15.7. The molecule has 1 aromatic carbocycles. The first-order valence-electron chi connectivity index (χ1n) is 22.4. The molecule has 0 amide bonds. The van der Waals surface area contributed by atoms with Gasteiger partial charge in [0.2, 0.25) is 0 Å².